The van der Waals surface area contributed by atoms with Crippen LogP contribution in [0.3, 0.4) is 0 Å². The molecule has 2 nitrogen and oxygen atoms in total. The van der Waals surface area contributed by atoms with E-state index in [4.69, 9.17) is 5.73 Å². The van der Waals surface area contributed by atoms with Crippen LogP contribution in [0.4, 0.5) is 0 Å². The molecule has 2 heteroatoms. The fourth-order valence-corrected chi connectivity index (χ4v) is 1.70. The molecule has 11 heavy (non-hydrogen) atoms. The third-order valence-electron chi connectivity index (χ3n) is 2.98. The molecule has 0 radical (unpaired) electrons. The van der Waals surface area contributed by atoms with E-state index in [-0.39, 0.29) is 6.04 Å². The van der Waals surface area contributed by atoms with Crippen LogP contribution >= 0.6 is 0 Å². The Bertz CT molecular complexity index is 140. The van der Waals surface area contributed by atoms with E-state index in [1.165, 1.54) is 19.3 Å². The first-order valence-electron chi connectivity index (χ1n) is 4.44. The Labute approximate surface area is 68.2 Å². The number of hydrogen-bond acceptors (Lipinski definition) is 2. The van der Waals surface area contributed by atoms with Gasteiger partial charge >= 0.3 is 0 Å². The molecule has 1 fully saturated rings. The molecular formula is C9H17NO. The fourth-order valence-electron chi connectivity index (χ4n) is 1.70. The highest BCUT2D eigenvalue weighted by Gasteiger charge is 2.45. The molecule has 0 saturated heterocycles. The first-order chi connectivity index (χ1) is 5.25. The van der Waals surface area contributed by atoms with Gasteiger partial charge < -0.3 is 10.5 Å². The Hall–Kier alpha value is -0.370. The highest BCUT2D eigenvalue weighted by Crippen LogP contribution is 2.51. The molecule has 0 aromatic carbocycles. The molecule has 0 amide bonds. The second kappa shape index (κ2) is 3.35. The lowest BCUT2D eigenvalue weighted by Gasteiger charge is -2.20. The maximum atomic E-state index is 10.1. The Morgan fingerprint density at radius 2 is 2.27 bits per heavy atom. The van der Waals surface area contributed by atoms with Crippen LogP contribution in [-0.2, 0) is 4.79 Å². The molecule has 0 aliphatic heterocycles. The van der Waals surface area contributed by atoms with E-state index in [9.17, 15) is 4.79 Å². The molecule has 1 saturated carbocycles. The summed E-state index contributed by atoms with van der Waals surface area (Å²) < 4.78 is 0. The van der Waals surface area contributed by atoms with Crippen molar-refractivity contribution in [1.29, 1.82) is 0 Å². The van der Waals surface area contributed by atoms with Gasteiger partial charge in [0.1, 0.15) is 6.29 Å². The monoisotopic (exact) mass is 155 g/mol. The highest BCUT2D eigenvalue weighted by molar-refractivity contribution is 5.49. The zero-order valence-corrected chi connectivity index (χ0v) is 7.18. The fraction of sp³-hybridized carbons (Fsp3) is 0.889. The molecule has 1 aliphatic carbocycles. The molecule has 0 aromatic rings. The predicted molar refractivity (Wildman–Crippen MR) is 45.2 cm³/mol. The number of carbonyl (C=O) groups excluding carboxylic acids is 1. The standard InChI is InChI=1S/C9H17NO/c1-2-9(5-6-9)8(10)4-3-7-11/h7-8H,2-6,10H2,1H3. The van der Waals surface area contributed by atoms with Gasteiger partial charge in [-0.15, -0.1) is 0 Å². The summed E-state index contributed by atoms with van der Waals surface area (Å²) in [6.45, 7) is 2.19. The van der Waals surface area contributed by atoms with E-state index < -0.39 is 0 Å². The SMILES string of the molecule is CCC1(C(N)CCC=O)CC1. The number of nitrogens with two attached hydrogens (primary N) is 1. The van der Waals surface area contributed by atoms with Gasteiger partial charge in [-0.05, 0) is 31.1 Å². The van der Waals surface area contributed by atoms with Crippen LogP contribution in [0, 0.1) is 5.41 Å². The lowest BCUT2D eigenvalue weighted by atomic mass is 9.91. The summed E-state index contributed by atoms with van der Waals surface area (Å²) in [5.74, 6) is 0. The zero-order chi connectivity index (χ0) is 8.32. The minimum atomic E-state index is 0.262. The van der Waals surface area contributed by atoms with Gasteiger partial charge in [0.05, 0.1) is 0 Å². The summed E-state index contributed by atoms with van der Waals surface area (Å²) in [7, 11) is 0. The van der Waals surface area contributed by atoms with Crippen molar-refractivity contribution in [1.82, 2.24) is 0 Å². The van der Waals surface area contributed by atoms with Crippen LogP contribution in [0.1, 0.15) is 39.0 Å². The molecule has 64 valence electrons. The molecule has 0 bridgehead atoms. The van der Waals surface area contributed by atoms with Crippen LogP contribution in [-0.4, -0.2) is 12.3 Å². The molecule has 0 heterocycles. The van der Waals surface area contributed by atoms with E-state index in [1.54, 1.807) is 0 Å². The van der Waals surface area contributed by atoms with Gasteiger partial charge in [-0.2, -0.15) is 0 Å². The Balaban J connectivity index is 2.28. The summed E-state index contributed by atoms with van der Waals surface area (Å²) in [6.07, 6.45) is 6.17. The molecule has 2 N–H and O–H groups in total. The average Bonchev–Trinajstić information content (AvgIpc) is 2.80. The van der Waals surface area contributed by atoms with Crippen LogP contribution in [0.15, 0.2) is 0 Å². The van der Waals surface area contributed by atoms with Crippen LogP contribution in [0.2, 0.25) is 0 Å². The van der Waals surface area contributed by atoms with E-state index >= 15 is 0 Å². The maximum absolute atomic E-state index is 10.1. The third kappa shape index (κ3) is 1.80. The van der Waals surface area contributed by atoms with Crippen LogP contribution in [0.5, 0.6) is 0 Å². The minimum Gasteiger partial charge on any atom is -0.327 e. The van der Waals surface area contributed by atoms with Crippen molar-refractivity contribution in [3.63, 3.8) is 0 Å². The summed E-state index contributed by atoms with van der Waals surface area (Å²) in [4.78, 5) is 10.1. The Kier molecular flexibility index (Phi) is 2.66. The van der Waals surface area contributed by atoms with E-state index in [2.05, 4.69) is 6.92 Å². The van der Waals surface area contributed by atoms with Gasteiger partial charge in [0.15, 0.2) is 0 Å². The van der Waals surface area contributed by atoms with Crippen LogP contribution in [0.25, 0.3) is 0 Å². The average molecular weight is 155 g/mol. The molecule has 1 unspecified atom stereocenters. The van der Waals surface area contributed by atoms with Crippen molar-refractivity contribution in [2.45, 2.75) is 45.1 Å². The van der Waals surface area contributed by atoms with Crippen molar-refractivity contribution in [2.24, 2.45) is 11.1 Å². The zero-order valence-electron chi connectivity index (χ0n) is 7.18. The van der Waals surface area contributed by atoms with Crippen molar-refractivity contribution >= 4 is 6.29 Å². The Morgan fingerprint density at radius 1 is 1.64 bits per heavy atom. The number of hydrogen-bond donors (Lipinski definition) is 1. The van der Waals surface area contributed by atoms with E-state index in [1.807, 2.05) is 0 Å². The largest absolute Gasteiger partial charge is 0.327 e. The second-order valence-electron chi connectivity index (χ2n) is 3.57. The molecule has 1 atom stereocenters. The smallest absolute Gasteiger partial charge is 0.120 e. The molecular weight excluding hydrogens is 138 g/mol. The van der Waals surface area contributed by atoms with Gasteiger partial charge in [0, 0.05) is 12.5 Å². The summed E-state index contributed by atoms with van der Waals surface area (Å²) in [5, 5.41) is 0. The molecule has 0 spiro atoms. The number of rotatable bonds is 5. The summed E-state index contributed by atoms with van der Waals surface area (Å²) in [5.41, 5.74) is 6.37. The van der Waals surface area contributed by atoms with Gasteiger partial charge in [0.2, 0.25) is 0 Å². The Morgan fingerprint density at radius 3 is 2.64 bits per heavy atom. The highest BCUT2D eigenvalue weighted by atomic mass is 16.1. The second-order valence-corrected chi connectivity index (χ2v) is 3.57. The van der Waals surface area contributed by atoms with Crippen molar-refractivity contribution in [2.75, 3.05) is 0 Å². The molecule has 0 aromatic heterocycles. The molecule has 1 aliphatic rings. The first-order valence-corrected chi connectivity index (χ1v) is 4.44. The predicted octanol–water partition coefficient (Wildman–Crippen LogP) is 1.48. The number of aldehydes is 1. The third-order valence-corrected chi connectivity index (χ3v) is 2.98. The van der Waals surface area contributed by atoms with Crippen LogP contribution < -0.4 is 5.73 Å². The van der Waals surface area contributed by atoms with Gasteiger partial charge in [-0.1, -0.05) is 6.92 Å². The first kappa shape index (κ1) is 8.72. The normalized spacial score (nSPS) is 22.7. The van der Waals surface area contributed by atoms with Gasteiger partial charge in [0.25, 0.3) is 0 Å². The van der Waals surface area contributed by atoms with Crippen molar-refractivity contribution in [3.05, 3.63) is 0 Å². The minimum absolute atomic E-state index is 0.262. The summed E-state index contributed by atoms with van der Waals surface area (Å²) >= 11 is 0. The van der Waals surface area contributed by atoms with Gasteiger partial charge in [-0.25, -0.2) is 0 Å². The topological polar surface area (TPSA) is 43.1 Å². The quantitative estimate of drug-likeness (QED) is 0.611. The van der Waals surface area contributed by atoms with Crippen molar-refractivity contribution < 1.29 is 4.79 Å². The number of carbonyl (C=O) groups is 1. The van der Waals surface area contributed by atoms with Crippen molar-refractivity contribution in [3.8, 4) is 0 Å². The van der Waals surface area contributed by atoms with Gasteiger partial charge in [-0.3, -0.25) is 0 Å². The molecule has 1 rings (SSSR count). The lowest BCUT2D eigenvalue weighted by molar-refractivity contribution is -0.108. The lowest BCUT2D eigenvalue weighted by Crippen LogP contribution is -2.31. The summed E-state index contributed by atoms with van der Waals surface area (Å²) in [6, 6.07) is 0.262. The van der Waals surface area contributed by atoms with E-state index in [0.29, 0.717) is 11.8 Å². The van der Waals surface area contributed by atoms with E-state index in [0.717, 1.165) is 12.7 Å². The maximum Gasteiger partial charge on any atom is 0.120 e.